The van der Waals surface area contributed by atoms with Crippen molar-refractivity contribution in [2.24, 2.45) is 0 Å². The van der Waals surface area contributed by atoms with Crippen molar-refractivity contribution in [3.05, 3.63) is 199 Å². The van der Waals surface area contributed by atoms with Crippen LogP contribution in [0.5, 0.6) is 0 Å². The zero-order chi connectivity index (χ0) is 41.9. The van der Waals surface area contributed by atoms with Gasteiger partial charge in [0, 0.05) is 47.2 Å². The molecule has 0 radical (unpaired) electrons. The summed E-state index contributed by atoms with van der Waals surface area (Å²) in [6, 6.07) is 66.4. The van der Waals surface area contributed by atoms with Crippen LogP contribution in [0.1, 0.15) is 16.9 Å². The van der Waals surface area contributed by atoms with E-state index in [0.29, 0.717) is 5.95 Å². The van der Waals surface area contributed by atoms with E-state index in [1.165, 1.54) is 79.9 Å². The minimum absolute atomic E-state index is 0.673. The van der Waals surface area contributed by atoms with Crippen LogP contribution in [-0.2, 0) is 6.42 Å². The Hall–Kier alpha value is -7.64. The van der Waals surface area contributed by atoms with Gasteiger partial charge < -0.3 is 4.57 Å². The van der Waals surface area contributed by atoms with Crippen molar-refractivity contribution in [1.29, 1.82) is 0 Å². The summed E-state index contributed by atoms with van der Waals surface area (Å²) < 4.78 is 7.12. The molecule has 6 heteroatoms. The van der Waals surface area contributed by atoms with Crippen molar-refractivity contribution in [2.75, 3.05) is 0 Å². The number of benzene rings is 8. The fraction of sp³-hybridized carbons (Fsp3) is 0.0345. The minimum atomic E-state index is 0.673. The highest BCUT2D eigenvalue weighted by molar-refractivity contribution is 7.22. The second-order valence-electron chi connectivity index (χ2n) is 16.8. The first-order chi connectivity index (χ1) is 31.7. The maximum atomic E-state index is 5.63. The molecule has 0 saturated heterocycles. The van der Waals surface area contributed by atoms with Crippen LogP contribution in [0.2, 0.25) is 0 Å². The van der Waals surface area contributed by atoms with Crippen LogP contribution in [0.3, 0.4) is 0 Å². The van der Waals surface area contributed by atoms with Gasteiger partial charge in [0.05, 0.1) is 38.0 Å². The van der Waals surface area contributed by atoms with Crippen molar-refractivity contribution in [3.8, 4) is 44.5 Å². The standard InChI is InChI=1S/C58H36N4S2/c1-3-14-36(15-4-1)54-34-47-57(64-54)56(39-26-30-53-45(32-39)44-20-10-12-22-52(44)63-53)60-58(59-47)62-49-28-25-37(31-46(49)55-41-18-8-7-13-35(41)24-29-50(55)62)38-23-27-43-42-19-9-11-21-48(42)61(51(43)33-38)40-16-5-2-6-17-40/h1-9,11-19,21-34H,10,20H2. The molecule has 0 atom stereocenters. The fourth-order valence-corrected chi connectivity index (χ4v) is 12.6. The first-order valence-corrected chi connectivity index (χ1v) is 23.5. The summed E-state index contributed by atoms with van der Waals surface area (Å²) in [7, 11) is 0. The molecule has 5 aromatic heterocycles. The molecule has 5 heterocycles. The Kier molecular flexibility index (Phi) is 7.82. The summed E-state index contributed by atoms with van der Waals surface area (Å²) in [6.45, 7) is 0. The number of rotatable bonds is 5. The number of fused-ring (bicyclic) bond motifs is 12. The maximum Gasteiger partial charge on any atom is 0.235 e. The molecule has 0 bridgehead atoms. The molecule has 0 saturated carbocycles. The van der Waals surface area contributed by atoms with E-state index in [9.17, 15) is 0 Å². The van der Waals surface area contributed by atoms with Crippen molar-refractivity contribution in [3.63, 3.8) is 0 Å². The van der Waals surface area contributed by atoms with Gasteiger partial charge in [-0.15, -0.1) is 22.7 Å². The summed E-state index contributed by atoms with van der Waals surface area (Å²) >= 11 is 3.67. The van der Waals surface area contributed by atoms with E-state index in [0.717, 1.165) is 56.6 Å². The second-order valence-corrected chi connectivity index (χ2v) is 19.0. The van der Waals surface area contributed by atoms with Gasteiger partial charge in [-0.3, -0.25) is 4.57 Å². The van der Waals surface area contributed by atoms with E-state index in [4.69, 9.17) is 9.97 Å². The number of hydrogen-bond donors (Lipinski definition) is 0. The molecule has 13 aromatic rings. The first-order valence-electron chi connectivity index (χ1n) is 21.9. The topological polar surface area (TPSA) is 35.6 Å². The number of nitrogens with zero attached hydrogens (tertiary/aromatic N) is 4. The highest BCUT2D eigenvalue weighted by Gasteiger charge is 2.23. The van der Waals surface area contributed by atoms with E-state index in [1.807, 2.05) is 11.3 Å². The molecular formula is C58H36N4S2. The van der Waals surface area contributed by atoms with Crippen molar-refractivity contribution >= 4 is 103 Å². The molecule has 0 unspecified atom stereocenters. The number of allylic oxidation sites excluding steroid dienone is 1. The molecule has 14 rings (SSSR count). The highest BCUT2D eigenvalue weighted by atomic mass is 32.1. The van der Waals surface area contributed by atoms with Crippen LogP contribution < -0.4 is 0 Å². The van der Waals surface area contributed by atoms with Gasteiger partial charge >= 0.3 is 0 Å². The van der Waals surface area contributed by atoms with Crippen LogP contribution >= 0.6 is 22.7 Å². The molecule has 300 valence electrons. The van der Waals surface area contributed by atoms with Crippen molar-refractivity contribution in [2.45, 2.75) is 12.8 Å². The number of thiophene rings is 2. The predicted octanol–water partition coefficient (Wildman–Crippen LogP) is 16.2. The normalized spacial score (nSPS) is 12.8. The number of hydrogen-bond acceptors (Lipinski definition) is 4. The smallest absolute Gasteiger partial charge is 0.235 e. The quantitative estimate of drug-likeness (QED) is 0.173. The van der Waals surface area contributed by atoms with Gasteiger partial charge in [0.2, 0.25) is 5.95 Å². The molecule has 0 aliphatic heterocycles. The zero-order valence-corrected chi connectivity index (χ0v) is 36.1. The summed E-state index contributed by atoms with van der Waals surface area (Å²) in [5, 5.41) is 8.63. The molecule has 1 aliphatic carbocycles. The molecule has 1 aliphatic rings. The van der Waals surface area contributed by atoms with Crippen molar-refractivity contribution in [1.82, 2.24) is 19.1 Å². The minimum Gasteiger partial charge on any atom is -0.309 e. The molecule has 4 nitrogen and oxygen atoms in total. The van der Waals surface area contributed by atoms with Crippen LogP contribution in [0.15, 0.2) is 188 Å². The lowest BCUT2D eigenvalue weighted by atomic mass is 9.99. The van der Waals surface area contributed by atoms with E-state index in [-0.39, 0.29) is 0 Å². The monoisotopic (exact) mass is 852 g/mol. The Balaban J connectivity index is 1.02. The van der Waals surface area contributed by atoms with E-state index < -0.39 is 0 Å². The maximum absolute atomic E-state index is 5.63. The SMILES string of the molecule is C1=Cc2sc3ccc(-c4nc(-n5c6ccc(-c7ccc8c9ccccc9n(-c9ccccc9)c8c7)cc6c6c7ccccc7ccc65)nc5cc(-c6ccccc6)sc45)cc3c2CC1. The molecular weight excluding hydrogens is 817 g/mol. The average Bonchev–Trinajstić information content (AvgIpc) is 4.13. The molecule has 0 amide bonds. The Morgan fingerprint density at radius 3 is 2.09 bits per heavy atom. The lowest BCUT2D eigenvalue weighted by Gasteiger charge is -2.11. The second kappa shape index (κ2) is 13.9. The predicted molar refractivity (Wildman–Crippen MR) is 273 cm³/mol. The van der Waals surface area contributed by atoms with Crippen LogP contribution in [0.4, 0.5) is 0 Å². The van der Waals surface area contributed by atoms with Crippen molar-refractivity contribution < 1.29 is 0 Å². The summed E-state index contributed by atoms with van der Waals surface area (Å²) in [5.41, 5.74) is 13.7. The lowest BCUT2D eigenvalue weighted by Crippen LogP contribution is -2.02. The van der Waals surface area contributed by atoms with E-state index in [1.54, 1.807) is 11.3 Å². The summed E-state index contributed by atoms with van der Waals surface area (Å²) in [4.78, 5) is 13.7. The lowest BCUT2D eigenvalue weighted by molar-refractivity contribution is 1.01. The first kappa shape index (κ1) is 35.9. The van der Waals surface area contributed by atoms with Gasteiger partial charge in [0.1, 0.15) is 0 Å². The molecule has 8 aromatic carbocycles. The van der Waals surface area contributed by atoms with Gasteiger partial charge in [-0.25, -0.2) is 9.97 Å². The Labute approximate surface area is 376 Å². The van der Waals surface area contributed by atoms with Gasteiger partial charge in [0.25, 0.3) is 0 Å². The third kappa shape index (κ3) is 5.40. The van der Waals surface area contributed by atoms with Gasteiger partial charge in [0.15, 0.2) is 0 Å². The van der Waals surface area contributed by atoms with Gasteiger partial charge in [-0.2, -0.15) is 0 Å². The summed E-state index contributed by atoms with van der Waals surface area (Å²) in [5.74, 6) is 0.673. The van der Waals surface area contributed by atoms with Crippen LogP contribution in [-0.4, -0.2) is 19.1 Å². The Bertz CT molecular complexity index is 4070. The average molecular weight is 853 g/mol. The van der Waals surface area contributed by atoms with Crippen LogP contribution in [0.25, 0.3) is 125 Å². The fourth-order valence-electron chi connectivity index (χ4n) is 10.3. The molecule has 0 fully saturated rings. The van der Waals surface area contributed by atoms with Gasteiger partial charge in [-0.1, -0.05) is 127 Å². The molecule has 0 N–H and O–H groups in total. The zero-order valence-electron chi connectivity index (χ0n) is 34.5. The van der Waals surface area contributed by atoms with E-state index in [2.05, 4.69) is 203 Å². The van der Waals surface area contributed by atoms with Gasteiger partial charge in [-0.05, 0) is 118 Å². The molecule has 0 spiro atoms. The Morgan fingerprint density at radius 1 is 0.469 bits per heavy atom. The number of aryl methyl sites for hydroxylation is 1. The number of para-hydroxylation sites is 2. The molecule has 64 heavy (non-hydrogen) atoms. The third-order valence-electron chi connectivity index (χ3n) is 13.2. The number of aromatic nitrogens is 4. The highest BCUT2D eigenvalue weighted by Crippen LogP contribution is 2.44. The van der Waals surface area contributed by atoms with Crippen LogP contribution in [0, 0.1) is 0 Å². The Morgan fingerprint density at radius 2 is 1.19 bits per heavy atom. The van der Waals surface area contributed by atoms with E-state index >= 15 is 0 Å². The summed E-state index contributed by atoms with van der Waals surface area (Å²) in [6.07, 6.45) is 6.75. The largest absolute Gasteiger partial charge is 0.309 e. The third-order valence-corrected chi connectivity index (χ3v) is 15.6.